The summed E-state index contributed by atoms with van der Waals surface area (Å²) >= 11 is 0. The summed E-state index contributed by atoms with van der Waals surface area (Å²) in [5.41, 5.74) is 0.364. The van der Waals surface area contributed by atoms with Crippen molar-refractivity contribution in [1.82, 2.24) is 25.4 Å². The topological polar surface area (TPSA) is 67.1 Å². The number of guanidine groups is 1. The van der Waals surface area contributed by atoms with Gasteiger partial charge in [-0.2, -0.15) is 0 Å². The fourth-order valence-electron chi connectivity index (χ4n) is 2.09. The van der Waals surface area contributed by atoms with Crippen LogP contribution in [0.1, 0.15) is 60.2 Å². The number of hydrogen-bond acceptors (Lipinski definition) is 3. The van der Waals surface area contributed by atoms with E-state index in [1.165, 1.54) is 6.42 Å². The third-order valence-electron chi connectivity index (χ3n) is 3.47. The normalized spacial score (nSPS) is 13.4. The van der Waals surface area contributed by atoms with Gasteiger partial charge >= 0.3 is 0 Å². The molecule has 0 saturated heterocycles. The molecule has 1 unspecified atom stereocenters. The quantitative estimate of drug-likeness (QED) is 0.392. The smallest absolute Gasteiger partial charge is 0.191 e. The van der Waals surface area contributed by atoms with Gasteiger partial charge in [-0.15, -0.1) is 34.2 Å². The van der Waals surface area contributed by atoms with Gasteiger partial charge in [0, 0.05) is 19.1 Å². The Balaban J connectivity index is 0.00000484. The van der Waals surface area contributed by atoms with Crippen molar-refractivity contribution in [3.63, 3.8) is 0 Å². The van der Waals surface area contributed by atoms with Crippen molar-refractivity contribution in [3.05, 3.63) is 12.2 Å². The fraction of sp³-hybridized carbons (Fsp3) is 0.812. The number of nitrogens with one attached hydrogen (secondary N) is 2. The molecule has 1 aromatic rings. The Morgan fingerprint density at radius 2 is 2.04 bits per heavy atom. The summed E-state index contributed by atoms with van der Waals surface area (Å²) in [4.78, 5) is 4.62. The highest BCUT2D eigenvalue weighted by Crippen LogP contribution is 2.21. The fourth-order valence-corrected chi connectivity index (χ4v) is 2.09. The predicted molar refractivity (Wildman–Crippen MR) is 107 cm³/mol. The van der Waals surface area contributed by atoms with E-state index in [4.69, 9.17) is 0 Å². The number of hydrogen-bond donors (Lipinski definition) is 2. The summed E-state index contributed by atoms with van der Waals surface area (Å²) < 4.78 is 2.01. The van der Waals surface area contributed by atoms with E-state index >= 15 is 0 Å². The van der Waals surface area contributed by atoms with Crippen molar-refractivity contribution in [2.75, 3.05) is 6.54 Å². The standard InChI is InChI=1S/C16H32N6.HI/c1-7-17-15(20-13(3)9-10-16(4,5)6)18-11-14-21-19-12-22(14)8-2;/h12-13H,7-11H2,1-6H3,(H2,17,18,20);1H. The molecule has 7 heteroatoms. The maximum Gasteiger partial charge on any atom is 0.191 e. The van der Waals surface area contributed by atoms with E-state index in [2.05, 4.69) is 67.4 Å². The molecule has 0 aromatic carbocycles. The Hall–Kier alpha value is -0.860. The van der Waals surface area contributed by atoms with Crippen LogP contribution in [0.5, 0.6) is 0 Å². The molecular weight excluding hydrogens is 403 g/mol. The number of halogens is 1. The van der Waals surface area contributed by atoms with Gasteiger partial charge in [-0.05, 0) is 39.0 Å². The molecule has 0 spiro atoms. The monoisotopic (exact) mass is 436 g/mol. The van der Waals surface area contributed by atoms with Crippen molar-refractivity contribution >= 4 is 29.9 Å². The van der Waals surface area contributed by atoms with Crippen molar-refractivity contribution in [2.45, 2.75) is 73.5 Å². The molecule has 0 amide bonds. The lowest BCUT2D eigenvalue weighted by Crippen LogP contribution is -2.42. The Bertz CT molecular complexity index is 463. The number of aryl methyl sites for hydroxylation is 1. The number of aliphatic imine (C=N–C) groups is 1. The van der Waals surface area contributed by atoms with Gasteiger partial charge in [0.1, 0.15) is 12.9 Å². The van der Waals surface area contributed by atoms with Crippen LogP contribution in [0.4, 0.5) is 0 Å². The maximum absolute atomic E-state index is 4.62. The minimum atomic E-state index is 0. The summed E-state index contributed by atoms with van der Waals surface area (Å²) in [5.74, 6) is 1.73. The van der Waals surface area contributed by atoms with E-state index < -0.39 is 0 Å². The molecule has 1 rings (SSSR count). The number of nitrogens with zero attached hydrogens (tertiary/aromatic N) is 4. The van der Waals surface area contributed by atoms with Crippen molar-refractivity contribution in [2.24, 2.45) is 10.4 Å². The lowest BCUT2D eigenvalue weighted by molar-refractivity contribution is 0.346. The molecule has 6 nitrogen and oxygen atoms in total. The molecule has 0 radical (unpaired) electrons. The average molecular weight is 436 g/mol. The zero-order valence-corrected chi connectivity index (χ0v) is 17.7. The van der Waals surface area contributed by atoms with Crippen LogP contribution in [0.3, 0.4) is 0 Å². The Morgan fingerprint density at radius 1 is 1.35 bits per heavy atom. The number of aromatic nitrogens is 3. The molecule has 2 N–H and O–H groups in total. The van der Waals surface area contributed by atoms with E-state index in [1.54, 1.807) is 6.33 Å². The second kappa shape index (κ2) is 10.8. The molecule has 1 heterocycles. The summed E-state index contributed by atoms with van der Waals surface area (Å²) in [6.45, 7) is 15.4. The third kappa shape index (κ3) is 9.12. The van der Waals surface area contributed by atoms with E-state index in [9.17, 15) is 0 Å². The van der Waals surface area contributed by atoms with Crippen LogP contribution in [0, 0.1) is 5.41 Å². The van der Waals surface area contributed by atoms with Crippen LogP contribution in [-0.2, 0) is 13.1 Å². The zero-order valence-electron chi connectivity index (χ0n) is 15.4. The van der Waals surface area contributed by atoms with Crippen LogP contribution in [0.15, 0.2) is 11.3 Å². The summed E-state index contributed by atoms with van der Waals surface area (Å²) in [5, 5.41) is 14.8. The predicted octanol–water partition coefficient (Wildman–Crippen LogP) is 3.19. The van der Waals surface area contributed by atoms with Crippen LogP contribution in [-0.4, -0.2) is 33.3 Å². The van der Waals surface area contributed by atoms with Gasteiger partial charge in [-0.25, -0.2) is 4.99 Å². The van der Waals surface area contributed by atoms with Crippen molar-refractivity contribution in [1.29, 1.82) is 0 Å². The highest BCUT2D eigenvalue weighted by molar-refractivity contribution is 14.0. The number of rotatable bonds is 7. The molecule has 23 heavy (non-hydrogen) atoms. The largest absolute Gasteiger partial charge is 0.357 e. The second-order valence-electron chi connectivity index (χ2n) is 6.87. The summed E-state index contributed by atoms with van der Waals surface area (Å²) in [6.07, 6.45) is 4.06. The van der Waals surface area contributed by atoms with Gasteiger partial charge in [0.15, 0.2) is 11.8 Å². The first-order valence-corrected chi connectivity index (χ1v) is 8.27. The molecule has 0 aliphatic heterocycles. The third-order valence-corrected chi connectivity index (χ3v) is 3.47. The first kappa shape index (κ1) is 22.1. The molecule has 0 aliphatic rings. The average Bonchev–Trinajstić information content (AvgIpc) is 2.89. The van der Waals surface area contributed by atoms with E-state index in [0.717, 1.165) is 31.3 Å². The van der Waals surface area contributed by atoms with Gasteiger partial charge in [-0.3, -0.25) is 0 Å². The van der Waals surface area contributed by atoms with Gasteiger partial charge in [-0.1, -0.05) is 20.8 Å². The first-order chi connectivity index (χ1) is 10.4. The first-order valence-electron chi connectivity index (χ1n) is 8.27. The highest BCUT2D eigenvalue weighted by Gasteiger charge is 2.13. The highest BCUT2D eigenvalue weighted by atomic mass is 127. The maximum atomic E-state index is 4.62. The van der Waals surface area contributed by atoms with Crippen LogP contribution >= 0.6 is 24.0 Å². The van der Waals surface area contributed by atoms with Gasteiger partial charge in [0.2, 0.25) is 0 Å². The van der Waals surface area contributed by atoms with Gasteiger partial charge < -0.3 is 15.2 Å². The van der Waals surface area contributed by atoms with E-state index in [1.807, 2.05) is 4.57 Å². The second-order valence-corrected chi connectivity index (χ2v) is 6.87. The van der Waals surface area contributed by atoms with Crippen molar-refractivity contribution < 1.29 is 0 Å². The summed E-state index contributed by atoms with van der Waals surface area (Å²) in [6, 6.07) is 0.390. The SMILES string of the molecule is CCNC(=NCc1nncn1CC)NC(C)CCC(C)(C)C.I. The van der Waals surface area contributed by atoms with Crippen molar-refractivity contribution in [3.8, 4) is 0 Å². The lowest BCUT2D eigenvalue weighted by Gasteiger charge is -2.23. The summed E-state index contributed by atoms with van der Waals surface area (Å²) in [7, 11) is 0. The molecule has 0 aliphatic carbocycles. The zero-order chi connectivity index (χ0) is 16.6. The van der Waals surface area contributed by atoms with E-state index in [0.29, 0.717) is 18.0 Å². The van der Waals surface area contributed by atoms with Crippen LogP contribution in [0.25, 0.3) is 0 Å². The van der Waals surface area contributed by atoms with Gasteiger partial charge in [0.05, 0.1) is 0 Å². The van der Waals surface area contributed by atoms with Gasteiger partial charge in [0.25, 0.3) is 0 Å². The molecule has 134 valence electrons. The molecule has 0 bridgehead atoms. The lowest BCUT2D eigenvalue weighted by atomic mass is 9.89. The van der Waals surface area contributed by atoms with Crippen LogP contribution in [0.2, 0.25) is 0 Å². The molecular formula is C16H33IN6. The molecule has 0 fully saturated rings. The minimum absolute atomic E-state index is 0. The minimum Gasteiger partial charge on any atom is -0.357 e. The molecule has 0 saturated carbocycles. The molecule has 1 aromatic heterocycles. The van der Waals surface area contributed by atoms with E-state index in [-0.39, 0.29) is 24.0 Å². The Kier molecular flexibility index (Phi) is 10.4. The van der Waals surface area contributed by atoms with Crippen LogP contribution < -0.4 is 10.6 Å². The Morgan fingerprint density at radius 3 is 2.61 bits per heavy atom. The Labute approximate surface area is 158 Å². The molecule has 1 atom stereocenters.